The van der Waals surface area contributed by atoms with Crippen LogP contribution in [0.2, 0.25) is 0 Å². The summed E-state index contributed by atoms with van der Waals surface area (Å²) in [6.45, 7) is 3.46. The zero-order valence-corrected chi connectivity index (χ0v) is 21.4. The molecule has 0 unspecified atom stereocenters. The van der Waals surface area contributed by atoms with E-state index in [1.807, 2.05) is 11.0 Å². The number of nitrogens with zero attached hydrogens (tertiary/aromatic N) is 1. The van der Waals surface area contributed by atoms with Gasteiger partial charge in [0.2, 0.25) is 5.91 Å². The van der Waals surface area contributed by atoms with Crippen molar-refractivity contribution in [2.75, 3.05) is 18.1 Å². The second kappa shape index (κ2) is 10.3. The van der Waals surface area contributed by atoms with E-state index in [0.717, 1.165) is 49.0 Å². The second-order valence-corrected chi connectivity index (χ2v) is 11.9. The van der Waals surface area contributed by atoms with Gasteiger partial charge >= 0.3 is 5.97 Å². The van der Waals surface area contributed by atoms with Crippen LogP contribution in [0.3, 0.4) is 0 Å². The van der Waals surface area contributed by atoms with Gasteiger partial charge in [-0.2, -0.15) is 0 Å². The van der Waals surface area contributed by atoms with Crippen LogP contribution in [0, 0.1) is 11.8 Å². The van der Waals surface area contributed by atoms with Crippen molar-refractivity contribution in [3.63, 3.8) is 0 Å². The lowest BCUT2D eigenvalue weighted by molar-refractivity contribution is -0.159. The normalized spacial score (nSPS) is 30.7. The number of hydrogen-bond acceptors (Lipinski definition) is 6. The molecule has 3 aliphatic carbocycles. The van der Waals surface area contributed by atoms with E-state index in [1.54, 1.807) is 0 Å². The number of hydrogen-bond donors (Lipinski definition) is 2. The number of allylic oxidation sites excluding steroid dienone is 1. The third-order valence-corrected chi connectivity index (χ3v) is 9.55. The maximum absolute atomic E-state index is 13.9. The van der Waals surface area contributed by atoms with Gasteiger partial charge in [-0.3, -0.25) is 4.79 Å². The molecule has 8 heteroatoms. The first-order valence-electron chi connectivity index (χ1n) is 13.2. The van der Waals surface area contributed by atoms with Gasteiger partial charge in [-0.25, -0.2) is 4.79 Å². The molecule has 0 atom stereocenters. The molecule has 1 aromatic heterocycles. The number of carboxylic acids is 1. The summed E-state index contributed by atoms with van der Waals surface area (Å²) in [5, 5.41) is 20.2. The highest BCUT2D eigenvalue weighted by molar-refractivity contribution is 7.15. The SMILES string of the molecule is CC1CCC(C(=O)N(c2cc(C3=CCC4(CC3)OCCO4)sc2C(=O)O)C2CCC(O)CC2)CC1. The fraction of sp³-hybridized carbons (Fsp3) is 0.704. The molecule has 192 valence electrons. The highest BCUT2D eigenvalue weighted by Crippen LogP contribution is 2.44. The summed E-state index contributed by atoms with van der Waals surface area (Å²) in [6, 6.07) is 1.86. The quantitative estimate of drug-likeness (QED) is 0.572. The van der Waals surface area contributed by atoms with Crippen molar-refractivity contribution in [3.05, 3.63) is 21.9 Å². The van der Waals surface area contributed by atoms with E-state index in [2.05, 4.69) is 13.0 Å². The minimum atomic E-state index is -0.988. The standard InChI is InChI=1S/C27H37NO6S/c1-17-2-4-19(5-3-17)25(30)28(20-6-8-21(29)9-7-20)22-16-23(35-24(22)26(31)32)18-10-12-27(13-11-18)33-14-15-34-27/h10,16-17,19-21,29H,2-9,11-15H2,1H3,(H,31,32). The highest BCUT2D eigenvalue weighted by Gasteiger charge is 2.40. The fourth-order valence-electron chi connectivity index (χ4n) is 6.18. The molecule has 4 aliphatic rings. The number of ether oxygens (including phenoxy) is 2. The topological polar surface area (TPSA) is 96.3 Å². The summed E-state index contributed by atoms with van der Waals surface area (Å²) < 4.78 is 11.7. The molecule has 3 fully saturated rings. The number of rotatable bonds is 5. The van der Waals surface area contributed by atoms with Crippen molar-refractivity contribution < 1.29 is 29.3 Å². The number of carbonyl (C=O) groups excluding carboxylic acids is 1. The van der Waals surface area contributed by atoms with Crippen LogP contribution < -0.4 is 4.90 Å². The molecule has 1 spiro atoms. The Morgan fingerprint density at radius 1 is 1.06 bits per heavy atom. The van der Waals surface area contributed by atoms with Crippen LogP contribution in [-0.4, -0.2) is 53.2 Å². The number of aliphatic hydroxyl groups is 1. The summed E-state index contributed by atoms with van der Waals surface area (Å²) in [5.41, 5.74) is 1.64. The Bertz CT molecular complexity index is 964. The lowest BCUT2D eigenvalue weighted by Crippen LogP contribution is -2.47. The smallest absolute Gasteiger partial charge is 0.348 e. The van der Waals surface area contributed by atoms with Crippen molar-refractivity contribution in [2.24, 2.45) is 11.8 Å². The summed E-state index contributed by atoms with van der Waals surface area (Å²) in [4.78, 5) is 29.3. The average molecular weight is 504 g/mol. The molecule has 35 heavy (non-hydrogen) atoms. The second-order valence-electron chi connectivity index (χ2n) is 10.8. The maximum Gasteiger partial charge on any atom is 0.348 e. The molecule has 2 N–H and O–H groups in total. The number of aromatic carboxylic acids is 1. The number of amides is 1. The van der Waals surface area contributed by atoms with Crippen LogP contribution in [-0.2, 0) is 14.3 Å². The number of carbonyl (C=O) groups is 2. The molecule has 0 bridgehead atoms. The summed E-state index contributed by atoms with van der Waals surface area (Å²) in [5.74, 6) is -0.878. The van der Waals surface area contributed by atoms with Gasteiger partial charge < -0.3 is 24.6 Å². The van der Waals surface area contributed by atoms with Gasteiger partial charge in [0.05, 0.1) is 25.0 Å². The van der Waals surface area contributed by atoms with Gasteiger partial charge in [-0.1, -0.05) is 13.0 Å². The Balaban J connectivity index is 1.46. The highest BCUT2D eigenvalue weighted by atomic mass is 32.1. The van der Waals surface area contributed by atoms with Gasteiger partial charge in [-0.05, 0) is 75.3 Å². The zero-order valence-electron chi connectivity index (χ0n) is 20.5. The van der Waals surface area contributed by atoms with E-state index < -0.39 is 11.8 Å². The van der Waals surface area contributed by atoms with Crippen molar-refractivity contribution in [2.45, 2.75) is 95.5 Å². The van der Waals surface area contributed by atoms with Crippen molar-refractivity contribution in [1.29, 1.82) is 0 Å². The Hall–Kier alpha value is -1.74. The van der Waals surface area contributed by atoms with Crippen LogP contribution >= 0.6 is 11.3 Å². The first-order valence-corrected chi connectivity index (χ1v) is 14.0. The molecule has 2 heterocycles. The monoisotopic (exact) mass is 503 g/mol. The van der Waals surface area contributed by atoms with Crippen LogP contribution in [0.15, 0.2) is 12.1 Å². The molecular weight excluding hydrogens is 466 g/mol. The molecule has 2 saturated carbocycles. The van der Waals surface area contributed by atoms with E-state index in [4.69, 9.17) is 9.47 Å². The molecule has 1 aromatic rings. The van der Waals surface area contributed by atoms with Crippen LogP contribution in [0.25, 0.3) is 5.57 Å². The van der Waals surface area contributed by atoms with E-state index in [9.17, 15) is 19.8 Å². The fourth-order valence-corrected chi connectivity index (χ4v) is 7.23. The van der Waals surface area contributed by atoms with Crippen molar-refractivity contribution >= 4 is 34.5 Å². The summed E-state index contributed by atoms with van der Waals surface area (Å²) >= 11 is 1.27. The Kier molecular flexibility index (Phi) is 7.35. The van der Waals surface area contributed by atoms with E-state index in [1.165, 1.54) is 11.3 Å². The third-order valence-electron chi connectivity index (χ3n) is 8.36. The Morgan fingerprint density at radius 3 is 2.34 bits per heavy atom. The van der Waals surface area contributed by atoms with Gasteiger partial charge in [0, 0.05) is 29.7 Å². The largest absolute Gasteiger partial charge is 0.477 e. The predicted octanol–water partition coefficient (Wildman–Crippen LogP) is 5.22. The van der Waals surface area contributed by atoms with Crippen LogP contribution in [0.4, 0.5) is 5.69 Å². The summed E-state index contributed by atoms with van der Waals surface area (Å²) in [6.07, 6.45) is 10.4. The minimum absolute atomic E-state index is 0.0616. The lowest BCUT2D eigenvalue weighted by atomic mass is 9.81. The summed E-state index contributed by atoms with van der Waals surface area (Å²) in [7, 11) is 0. The van der Waals surface area contributed by atoms with Crippen LogP contribution in [0.5, 0.6) is 0 Å². The molecular formula is C27H37NO6S. The molecule has 1 amide bonds. The van der Waals surface area contributed by atoms with Gasteiger partial charge in [0.1, 0.15) is 4.88 Å². The Morgan fingerprint density at radius 2 is 1.74 bits per heavy atom. The van der Waals surface area contributed by atoms with Crippen molar-refractivity contribution in [1.82, 2.24) is 0 Å². The first-order chi connectivity index (χ1) is 16.8. The predicted molar refractivity (Wildman–Crippen MR) is 135 cm³/mol. The molecule has 0 radical (unpaired) electrons. The van der Waals surface area contributed by atoms with Gasteiger partial charge in [0.15, 0.2) is 5.79 Å². The third kappa shape index (κ3) is 5.22. The average Bonchev–Trinajstić information content (AvgIpc) is 3.49. The number of thiophene rings is 1. The minimum Gasteiger partial charge on any atom is -0.477 e. The van der Waals surface area contributed by atoms with Gasteiger partial charge in [0.25, 0.3) is 0 Å². The van der Waals surface area contributed by atoms with Crippen molar-refractivity contribution in [3.8, 4) is 0 Å². The van der Waals surface area contributed by atoms with E-state index in [-0.39, 0.29) is 28.8 Å². The molecule has 1 saturated heterocycles. The first kappa shape index (κ1) is 24.9. The molecule has 0 aromatic carbocycles. The van der Waals surface area contributed by atoms with Gasteiger partial charge in [-0.15, -0.1) is 11.3 Å². The van der Waals surface area contributed by atoms with E-state index in [0.29, 0.717) is 56.9 Å². The number of anilines is 1. The number of carboxylic acid groups (broad SMARTS) is 1. The van der Waals surface area contributed by atoms with Crippen LogP contribution in [0.1, 0.15) is 92.1 Å². The zero-order chi connectivity index (χ0) is 24.6. The van der Waals surface area contributed by atoms with E-state index >= 15 is 0 Å². The Labute approximate surface area is 211 Å². The molecule has 7 nitrogen and oxygen atoms in total. The maximum atomic E-state index is 13.9. The number of aliphatic hydroxyl groups excluding tert-OH is 1. The molecule has 5 rings (SSSR count). The lowest BCUT2D eigenvalue weighted by Gasteiger charge is -2.38. The molecule has 1 aliphatic heterocycles.